The number of anilines is 1. The molecular weight excluding hydrogens is 328 g/mol. The molecule has 1 amide bonds. The number of nitrogens with one attached hydrogen (secondary N) is 2. The Kier molecular flexibility index (Phi) is 7.53. The molecule has 2 aromatic carbocycles. The molecule has 0 aliphatic carbocycles. The number of carbonyl (C=O) groups is 1. The van der Waals surface area contributed by atoms with E-state index >= 15 is 0 Å². The Bertz CT molecular complexity index is 685. The lowest BCUT2D eigenvalue weighted by Gasteiger charge is -2.17. The van der Waals surface area contributed by atoms with E-state index in [4.69, 9.17) is 0 Å². The number of para-hydroxylation sites is 1. The van der Waals surface area contributed by atoms with Crippen molar-refractivity contribution in [2.24, 2.45) is 0 Å². The van der Waals surface area contributed by atoms with E-state index in [0.717, 1.165) is 18.7 Å². The second-order valence-corrected chi connectivity index (χ2v) is 7.48. The number of carbonyl (C=O) groups excluding carboxylic acids is 1. The second kappa shape index (κ2) is 9.64. The van der Waals surface area contributed by atoms with E-state index in [0.29, 0.717) is 12.5 Å². The highest BCUT2D eigenvalue weighted by atomic mass is 32.2. The van der Waals surface area contributed by atoms with Gasteiger partial charge >= 0.3 is 0 Å². The minimum absolute atomic E-state index is 0.0639. The number of rotatable bonds is 8. The topological polar surface area (TPSA) is 33.5 Å². The SMILES string of the molecule is CC[C@@H](C)c1ccccc1NC(=O)C[NH+](C)Cc1ccc(SC)cc1. The first-order chi connectivity index (χ1) is 12.0. The lowest BCUT2D eigenvalue weighted by Crippen LogP contribution is -3.08. The normalized spacial score (nSPS) is 13.3. The third-order valence-electron chi connectivity index (χ3n) is 4.51. The number of benzene rings is 2. The van der Waals surface area contributed by atoms with Gasteiger partial charge in [0.2, 0.25) is 0 Å². The van der Waals surface area contributed by atoms with Crippen LogP contribution in [-0.2, 0) is 11.3 Å². The van der Waals surface area contributed by atoms with Gasteiger partial charge in [-0.2, -0.15) is 0 Å². The number of hydrogen-bond donors (Lipinski definition) is 2. The van der Waals surface area contributed by atoms with Crippen molar-refractivity contribution in [1.82, 2.24) is 0 Å². The van der Waals surface area contributed by atoms with Crippen molar-refractivity contribution in [2.75, 3.05) is 25.2 Å². The average Bonchev–Trinajstić information content (AvgIpc) is 2.62. The summed E-state index contributed by atoms with van der Waals surface area (Å²) in [4.78, 5) is 14.9. The molecule has 0 aliphatic rings. The largest absolute Gasteiger partial charge is 0.326 e. The second-order valence-electron chi connectivity index (χ2n) is 6.60. The number of amides is 1. The molecule has 0 bridgehead atoms. The molecule has 0 aromatic heterocycles. The lowest BCUT2D eigenvalue weighted by atomic mass is 9.97. The molecule has 1 unspecified atom stereocenters. The molecule has 2 N–H and O–H groups in total. The molecule has 0 aliphatic heterocycles. The lowest BCUT2D eigenvalue weighted by molar-refractivity contribution is -0.885. The van der Waals surface area contributed by atoms with Crippen LogP contribution in [-0.4, -0.2) is 25.8 Å². The van der Waals surface area contributed by atoms with Gasteiger partial charge in [0, 0.05) is 16.1 Å². The Hall–Kier alpha value is -1.78. The van der Waals surface area contributed by atoms with Gasteiger partial charge in [0.1, 0.15) is 6.54 Å². The van der Waals surface area contributed by atoms with Gasteiger partial charge in [-0.15, -0.1) is 11.8 Å². The minimum Gasteiger partial charge on any atom is -0.326 e. The zero-order valence-corrected chi connectivity index (χ0v) is 16.5. The molecule has 0 spiro atoms. The summed E-state index contributed by atoms with van der Waals surface area (Å²) < 4.78 is 0. The Morgan fingerprint density at radius 1 is 1.16 bits per heavy atom. The summed E-state index contributed by atoms with van der Waals surface area (Å²) in [7, 11) is 2.06. The van der Waals surface area contributed by atoms with Crippen molar-refractivity contribution in [1.29, 1.82) is 0 Å². The summed E-state index contributed by atoms with van der Waals surface area (Å²) in [5.74, 6) is 0.505. The zero-order valence-electron chi connectivity index (χ0n) is 15.6. The summed E-state index contributed by atoms with van der Waals surface area (Å²) in [6, 6.07) is 16.7. The van der Waals surface area contributed by atoms with Crippen LogP contribution in [0.25, 0.3) is 0 Å². The molecule has 25 heavy (non-hydrogen) atoms. The Labute approximate surface area is 155 Å². The van der Waals surface area contributed by atoms with Crippen LogP contribution in [0, 0.1) is 0 Å². The van der Waals surface area contributed by atoms with Crippen LogP contribution < -0.4 is 10.2 Å². The van der Waals surface area contributed by atoms with E-state index in [9.17, 15) is 4.79 Å². The van der Waals surface area contributed by atoms with Crippen LogP contribution in [0.3, 0.4) is 0 Å². The van der Waals surface area contributed by atoms with Gasteiger partial charge in [-0.05, 0) is 42.4 Å². The van der Waals surface area contributed by atoms with Gasteiger partial charge in [0.05, 0.1) is 7.05 Å². The van der Waals surface area contributed by atoms with Gasteiger partial charge in [0.15, 0.2) is 6.54 Å². The van der Waals surface area contributed by atoms with Crippen LogP contribution in [0.5, 0.6) is 0 Å². The van der Waals surface area contributed by atoms with Gasteiger partial charge in [-0.3, -0.25) is 4.79 Å². The molecule has 4 heteroatoms. The van der Waals surface area contributed by atoms with Crippen molar-refractivity contribution in [3.63, 3.8) is 0 Å². The Balaban J connectivity index is 1.93. The fraction of sp³-hybridized carbons (Fsp3) is 0.381. The first kappa shape index (κ1) is 19.5. The maximum atomic E-state index is 12.4. The molecule has 0 heterocycles. The molecule has 0 radical (unpaired) electrons. The first-order valence-electron chi connectivity index (χ1n) is 8.86. The smallest absolute Gasteiger partial charge is 0.279 e. The predicted octanol–water partition coefficient (Wildman–Crippen LogP) is 3.58. The first-order valence-corrected chi connectivity index (χ1v) is 10.1. The summed E-state index contributed by atoms with van der Waals surface area (Å²) in [6.45, 7) is 5.67. The van der Waals surface area contributed by atoms with Gasteiger partial charge in [-0.25, -0.2) is 0 Å². The standard InChI is InChI=1S/C21H28N2OS/c1-5-16(2)19-8-6-7-9-20(19)22-21(24)15-23(3)14-17-10-12-18(25-4)13-11-17/h6-13,16H,5,14-15H2,1-4H3,(H,22,24)/p+1/t16-/m1/s1. The zero-order chi connectivity index (χ0) is 18.2. The van der Waals surface area contributed by atoms with E-state index in [2.05, 4.69) is 62.8 Å². The van der Waals surface area contributed by atoms with Crippen molar-refractivity contribution in [2.45, 2.75) is 37.6 Å². The van der Waals surface area contributed by atoms with Gasteiger partial charge < -0.3 is 10.2 Å². The van der Waals surface area contributed by atoms with Crippen molar-refractivity contribution >= 4 is 23.4 Å². The molecular formula is C21H29N2OS+. The molecule has 2 atom stereocenters. The number of quaternary nitrogens is 1. The van der Waals surface area contributed by atoms with Gasteiger partial charge in [0.25, 0.3) is 5.91 Å². The Morgan fingerprint density at radius 3 is 2.48 bits per heavy atom. The predicted molar refractivity (Wildman–Crippen MR) is 107 cm³/mol. The minimum atomic E-state index is 0.0639. The summed E-state index contributed by atoms with van der Waals surface area (Å²) in [5.41, 5.74) is 3.41. The highest BCUT2D eigenvalue weighted by Crippen LogP contribution is 2.26. The van der Waals surface area contributed by atoms with E-state index in [1.54, 1.807) is 11.8 Å². The van der Waals surface area contributed by atoms with E-state index in [1.807, 2.05) is 18.2 Å². The van der Waals surface area contributed by atoms with E-state index in [1.165, 1.54) is 20.9 Å². The molecule has 134 valence electrons. The Morgan fingerprint density at radius 2 is 1.84 bits per heavy atom. The summed E-state index contributed by atoms with van der Waals surface area (Å²) >= 11 is 1.74. The van der Waals surface area contributed by atoms with Crippen LogP contribution >= 0.6 is 11.8 Å². The molecule has 0 saturated carbocycles. The number of hydrogen-bond acceptors (Lipinski definition) is 2. The van der Waals surface area contributed by atoms with Crippen molar-refractivity contribution in [3.8, 4) is 0 Å². The van der Waals surface area contributed by atoms with Crippen molar-refractivity contribution < 1.29 is 9.69 Å². The fourth-order valence-corrected chi connectivity index (χ4v) is 3.29. The molecule has 3 nitrogen and oxygen atoms in total. The van der Waals surface area contributed by atoms with Crippen LogP contribution in [0.15, 0.2) is 53.4 Å². The molecule has 2 rings (SSSR count). The third-order valence-corrected chi connectivity index (χ3v) is 5.25. The highest BCUT2D eigenvalue weighted by molar-refractivity contribution is 7.98. The fourth-order valence-electron chi connectivity index (χ4n) is 2.88. The summed E-state index contributed by atoms with van der Waals surface area (Å²) in [5, 5.41) is 3.10. The molecule has 0 fully saturated rings. The van der Waals surface area contributed by atoms with Crippen LogP contribution in [0.4, 0.5) is 5.69 Å². The monoisotopic (exact) mass is 357 g/mol. The maximum Gasteiger partial charge on any atom is 0.279 e. The molecule has 2 aromatic rings. The maximum absolute atomic E-state index is 12.4. The average molecular weight is 358 g/mol. The quantitative estimate of drug-likeness (QED) is 0.708. The number of thioether (sulfide) groups is 1. The molecule has 0 saturated heterocycles. The highest BCUT2D eigenvalue weighted by Gasteiger charge is 2.14. The van der Waals surface area contributed by atoms with Crippen LogP contribution in [0.1, 0.15) is 37.3 Å². The van der Waals surface area contributed by atoms with Crippen LogP contribution in [0.2, 0.25) is 0 Å². The van der Waals surface area contributed by atoms with Gasteiger partial charge in [-0.1, -0.05) is 44.2 Å². The number of likely N-dealkylation sites (N-methyl/N-ethyl adjacent to an activating group) is 1. The third kappa shape index (κ3) is 5.91. The summed E-state index contributed by atoms with van der Waals surface area (Å²) in [6.07, 6.45) is 3.14. The van der Waals surface area contributed by atoms with E-state index < -0.39 is 0 Å². The van der Waals surface area contributed by atoms with Crippen molar-refractivity contribution in [3.05, 3.63) is 59.7 Å². The van der Waals surface area contributed by atoms with E-state index in [-0.39, 0.29) is 5.91 Å².